The number of pyridine rings is 1. The molecular weight excluding hydrogens is 542 g/mol. The molecule has 4 rings (SSSR count). The summed E-state index contributed by atoms with van der Waals surface area (Å²) in [5, 5.41) is 0. The van der Waals surface area contributed by atoms with E-state index < -0.39 is 6.04 Å². The van der Waals surface area contributed by atoms with Crippen LogP contribution in [0.15, 0.2) is 82.1 Å². The average Bonchev–Trinajstić information content (AvgIpc) is 2.89. The van der Waals surface area contributed by atoms with Gasteiger partial charge in [-0.1, -0.05) is 65.3 Å². The Morgan fingerprint density at radius 1 is 1.03 bits per heavy atom. The van der Waals surface area contributed by atoms with Crippen LogP contribution < -0.4 is 5.56 Å². The molecule has 0 amide bonds. The summed E-state index contributed by atoms with van der Waals surface area (Å²) in [6, 6.07) is 18.2. The lowest BCUT2D eigenvalue weighted by Gasteiger charge is -2.26. The van der Waals surface area contributed by atoms with Crippen LogP contribution in [0.25, 0.3) is 0 Å². The molecule has 1 aromatic heterocycles. The van der Waals surface area contributed by atoms with E-state index in [0.29, 0.717) is 48.1 Å². The SMILES string of the molecule is Cc1cc(=O)n2c(c1C(=O)c1ccc(Br)cc1)CC/C=C\CC[C@@H](C)CC(=O)OCC2Cc1ccccc1. The van der Waals surface area contributed by atoms with E-state index in [9.17, 15) is 14.4 Å². The molecule has 0 bridgehead atoms. The number of ketones is 1. The molecule has 0 fully saturated rings. The topological polar surface area (TPSA) is 65.4 Å². The molecule has 2 aromatic carbocycles. The van der Waals surface area contributed by atoms with Gasteiger partial charge in [0.25, 0.3) is 5.56 Å². The first kappa shape index (κ1) is 27.8. The monoisotopic (exact) mass is 575 g/mol. The highest BCUT2D eigenvalue weighted by Crippen LogP contribution is 2.25. The number of allylic oxidation sites excluding steroid dienone is 2. The van der Waals surface area contributed by atoms with Crippen LogP contribution >= 0.6 is 15.9 Å². The van der Waals surface area contributed by atoms with Gasteiger partial charge in [-0.05, 0) is 80.3 Å². The van der Waals surface area contributed by atoms with Gasteiger partial charge >= 0.3 is 5.97 Å². The quantitative estimate of drug-likeness (QED) is 0.195. The predicted octanol–water partition coefficient (Wildman–Crippen LogP) is 6.79. The molecule has 0 spiro atoms. The van der Waals surface area contributed by atoms with Gasteiger partial charge in [0.05, 0.1) is 6.04 Å². The Morgan fingerprint density at radius 2 is 1.74 bits per heavy atom. The Morgan fingerprint density at radius 3 is 2.47 bits per heavy atom. The van der Waals surface area contributed by atoms with E-state index in [2.05, 4.69) is 35.0 Å². The van der Waals surface area contributed by atoms with Gasteiger partial charge < -0.3 is 9.30 Å². The van der Waals surface area contributed by atoms with Gasteiger partial charge in [-0.2, -0.15) is 0 Å². The Labute approximate surface area is 232 Å². The molecule has 0 saturated heterocycles. The molecule has 0 aliphatic carbocycles. The minimum absolute atomic E-state index is 0.0676. The Hall–Kier alpha value is -3.25. The predicted molar refractivity (Wildman–Crippen MR) is 154 cm³/mol. The van der Waals surface area contributed by atoms with E-state index in [4.69, 9.17) is 4.74 Å². The fourth-order valence-corrected chi connectivity index (χ4v) is 5.36. The maximum Gasteiger partial charge on any atom is 0.306 e. The van der Waals surface area contributed by atoms with Crippen molar-refractivity contribution in [3.05, 3.63) is 116 Å². The lowest BCUT2D eigenvalue weighted by atomic mass is 9.94. The third-order valence-electron chi connectivity index (χ3n) is 7.06. The number of nitrogens with zero attached hydrogens (tertiary/aromatic N) is 1. The first-order chi connectivity index (χ1) is 18.3. The Bertz CT molecular complexity index is 1360. The first-order valence-electron chi connectivity index (χ1n) is 13.2. The molecule has 2 heterocycles. The number of hydrogen-bond donors (Lipinski definition) is 0. The van der Waals surface area contributed by atoms with Crippen molar-refractivity contribution in [2.24, 2.45) is 5.92 Å². The number of aryl methyl sites for hydroxylation is 1. The van der Waals surface area contributed by atoms with Crippen LogP contribution in [-0.4, -0.2) is 22.9 Å². The second-order valence-corrected chi connectivity index (χ2v) is 11.0. The summed E-state index contributed by atoms with van der Waals surface area (Å²) < 4.78 is 8.38. The van der Waals surface area contributed by atoms with Crippen molar-refractivity contribution in [2.75, 3.05) is 6.61 Å². The number of hydrogen-bond acceptors (Lipinski definition) is 4. The molecule has 1 aliphatic heterocycles. The fourth-order valence-electron chi connectivity index (χ4n) is 5.09. The summed E-state index contributed by atoms with van der Waals surface area (Å²) >= 11 is 3.44. The van der Waals surface area contributed by atoms with Crippen LogP contribution in [-0.2, 0) is 22.4 Å². The van der Waals surface area contributed by atoms with Gasteiger partial charge in [0.15, 0.2) is 5.78 Å². The Balaban J connectivity index is 1.86. The molecule has 198 valence electrons. The number of carbonyl (C=O) groups excluding carboxylic acids is 2. The zero-order valence-electron chi connectivity index (χ0n) is 22.0. The van der Waals surface area contributed by atoms with Gasteiger partial charge in [-0.15, -0.1) is 0 Å². The first-order valence-corrected chi connectivity index (χ1v) is 14.0. The third-order valence-corrected chi connectivity index (χ3v) is 7.59. The largest absolute Gasteiger partial charge is 0.463 e. The number of halogens is 1. The maximum absolute atomic E-state index is 13.9. The van der Waals surface area contributed by atoms with Crippen LogP contribution in [0.5, 0.6) is 0 Å². The molecule has 5 nitrogen and oxygen atoms in total. The van der Waals surface area contributed by atoms with E-state index >= 15 is 0 Å². The average molecular weight is 577 g/mol. The molecule has 0 saturated carbocycles. The van der Waals surface area contributed by atoms with Crippen molar-refractivity contribution in [3.63, 3.8) is 0 Å². The van der Waals surface area contributed by atoms with Crippen molar-refractivity contribution in [3.8, 4) is 0 Å². The van der Waals surface area contributed by atoms with Gasteiger partial charge in [0.2, 0.25) is 0 Å². The lowest BCUT2D eigenvalue weighted by Crippen LogP contribution is -2.34. The highest BCUT2D eigenvalue weighted by atomic mass is 79.9. The van der Waals surface area contributed by atoms with Crippen LogP contribution in [0.3, 0.4) is 0 Å². The van der Waals surface area contributed by atoms with Gasteiger partial charge in [0.1, 0.15) is 6.61 Å². The minimum Gasteiger partial charge on any atom is -0.463 e. The number of benzene rings is 2. The van der Waals surface area contributed by atoms with E-state index in [1.165, 1.54) is 6.07 Å². The maximum atomic E-state index is 13.9. The highest BCUT2D eigenvalue weighted by Gasteiger charge is 2.26. The van der Waals surface area contributed by atoms with E-state index in [-0.39, 0.29) is 29.8 Å². The summed E-state index contributed by atoms with van der Waals surface area (Å²) in [6.45, 7) is 3.95. The van der Waals surface area contributed by atoms with Gasteiger partial charge in [-0.3, -0.25) is 14.4 Å². The molecule has 38 heavy (non-hydrogen) atoms. The van der Waals surface area contributed by atoms with Crippen LogP contribution in [0.1, 0.15) is 71.4 Å². The molecule has 0 radical (unpaired) electrons. The smallest absolute Gasteiger partial charge is 0.306 e. The molecular formula is C32H34BrNO4. The highest BCUT2D eigenvalue weighted by molar-refractivity contribution is 9.10. The summed E-state index contributed by atoms with van der Waals surface area (Å²) in [5.74, 6) is -0.159. The number of ether oxygens (including phenoxy) is 1. The number of carbonyl (C=O) groups is 2. The molecule has 1 unspecified atom stereocenters. The number of aromatic nitrogens is 1. The molecule has 1 aliphatic rings. The van der Waals surface area contributed by atoms with Gasteiger partial charge in [0, 0.05) is 33.8 Å². The zero-order chi connectivity index (χ0) is 27.1. The van der Waals surface area contributed by atoms with E-state index in [1.54, 1.807) is 16.7 Å². The van der Waals surface area contributed by atoms with Crippen molar-refractivity contribution < 1.29 is 14.3 Å². The van der Waals surface area contributed by atoms with Crippen molar-refractivity contribution in [1.29, 1.82) is 0 Å². The van der Waals surface area contributed by atoms with Crippen molar-refractivity contribution in [2.45, 2.75) is 58.4 Å². The van der Waals surface area contributed by atoms with Gasteiger partial charge in [-0.25, -0.2) is 0 Å². The minimum atomic E-state index is -0.442. The van der Waals surface area contributed by atoms with Crippen LogP contribution in [0, 0.1) is 12.8 Å². The third kappa shape index (κ3) is 6.98. The molecule has 0 N–H and O–H groups in total. The number of fused-ring (bicyclic) bond motifs is 1. The molecule has 6 heteroatoms. The number of esters is 1. The second-order valence-electron chi connectivity index (χ2n) is 10.1. The normalized spacial score (nSPS) is 19.6. The molecule has 2 atom stereocenters. The van der Waals surface area contributed by atoms with Crippen LogP contribution in [0.4, 0.5) is 0 Å². The summed E-state index contributed by atoms with van der Waals surface area (Å²) in [6.07, 6.45) is 8.10. The lowest BCUT2D eigenvalue weighted by molar-refractivity contribution is -0.145. The summed E-state index contributed by atoms with van der Waals surface area (Å²) in [5.41, 5.74) is 3.30. The standard InChI is InChI=1S/C32H34BrNO4/c1-22-10-6-3-4-9-13-28-31(32(37)25-14-16-26(33)17-15-25)23(2)19-29(35)34(28)27(21-38-30(36)18-22)20-24-11-7-5-8-12-24/h3-5,7-8,11-12,14-17,19,22,27H,6,9-10,13,18,20-21H2,1-2H3/b4-3-/t22-,27?/m1/s1. The molecule has 3 aromatic rings. The summed E-state index contributed by atoms with van der Waals surface area (Å²) in [7, 11) is 0. The van der Waals surface area contributed by atoms with E-state index in [0.717, 1.165) is 22.9 Å². The van der Waals surface area contributed by atoms with Crippen LogP contribution in [0.2, 0.25) is 0 Å². The van der Waals surface area contributed by atoms with Crippen molar-refractivity contribution >= 4 is 27.7 Å². The zero-order valence-corrected chi connectivity index (χ0v) is 23.6. The second kappa shape index (κ2) is 13.0. The van der Waals surface area contributed by atoms with Crippen molar-refractivity contribution in [1.82, 2.24) is 4.57 Å². The van der Waals surface area contributed by atoms with E-state index in [1.807, 2.05) is 49.4 Å². The Kier molecular flexibility index (Phi) is 9.51. The fraction of sp³-hybridized carbons (Fsp3) is 0.344. The number of rotatable bonds is 4. The number of cyclic esters (lactones) is 1. The summed E-state index contributed by atoms with van der Waals surface area (Å²) in [4.78, 5) is 40.2.